The number of pyridine rings is 1. The van der Waals surface area contributed by atoms with Crippen LogP contribution in [0.1, 0.15) is 11.1 Å². The highest BCUT2D eigenvalue weighted by Crippen LogP contribution is 2.32. The summed E-state index contributed by atoms with van der Waals surface area (Å²) < 4.78 is 53.0. The van der Waals surface area contributed by atoms with Crippen molar-refractivity contribution >= 4 is 17.8 Å². The molecule has 29 heavy (non-hydrogen) atoms. The number of nitrogens with one attached hydrogen (secondary N) is 2. The number of alkyl halides is 4. The predicted octanol–water partition coefficient (Wildman–Crippen LogP) is 3.44. The van der Waals surface area contributed by atoms with Crippen molar-refractivity contribution < 1.29 is 22.4 Å². The molecule has 2 N–H and O–H groups in total. The highest BCUT2D eigenvalue weighted by Gasteiger charge is 2.31. The SMILES string of the molecule is O=C(/C=C\n1cnc(-c2cc(CF)cc(C(F)(F)F)c2)n1)NNc1cccnc1. The first-order valence-electron chi connectivity index (χ1n) is 8.18. The van der Waals surface area contributed by atoms with Gasteiger partial charge in [0.05, 0.1) is 17.4 Å². The molecule has 0 spiro atoms. The van der Waals surface area contributed by atoms with Crippen LogP contribution in [0.25, 0.3) is 17.6 Å². The number of hydrogen-bond donors (Lipinski definition) is 2. The van der Waals surface area contributed by atoms with E-state index < -0.39 is 24.3 Å². The Morgan fingerprint density at radius 1 is 1.24 bits per heavy atom. The van der Waals surface area contributed by atoms with Gasteiger partial charge in [0.15, 0.2) is 5.82 Å². The summed E-state index contributed by atoms with van der Waals surface area (Å²) in [5.74, 6) is -0.547. The van der Waals surface area contributed by atoms with Crippen molar-refractivity contribution in [2.45, 2.75) is 12.9 Å². The lowest BCUT2D eigenvalue weighted by Gasteiger charge is -2.09. The molecule has 0 aliphatic heterocycles. The number of benzene rings is 1. The quantitative estimate of drug-likeness (QED) is 0.372. The Labute approximate surface area is 162 Å². The fraction of sp³-hybridized carbons (Fsp3) is 0.111. The predicted molar refractivity (Wildman–Crippen MR) is 96.6 cm³/mol. The Hall–Kier alpha value is -3.76. The van der Waals surface area contributed by atoms with Gasteiger partial charge < -0.3 is 0 Å². The number of rotatable bonds is 6. The van der Waals surface area contributed by atoms with Crippen molar-refractivity contribution in [1.29, 1.82) is 0 Å². The van der Waals surface area contributed by atoms with E-state index in [1.54, 1.807) is 18.3 Å². The number of nitrogens with zero attached hydrogens (tertiary/aromatic N) is 4. The molecule has 0 unspecified atom stereocenters. The van der Waals surface area contributed by atoms with Gasteiger partial charge in [-0.2, -0.15) is 13.2 Å². The van der Waals surface area contributed by atoms with Crippen LogP contribution in [-0.4, -0.2) is 25.7 Å². The number of halogens is 4. The van der Waals surface area contributed by atoms with Gasteiger partial charge in [-0.15, -0.1) is 5.10 Å². The molecule has 0 bridgehead atoms. The van der Waals surface area contributed by atoms with Crippen LogP contribution in [0, 0.1) is 0 Å². The molecule has 0 aliphatic rings. The van der Waals surface area contributed by atoms with Crippen LogP contribution in [-0.2, 0) is 17.6 Å². The third-order valence-corrected chi connectivity index (χ3v) is 3.61. The summed E-state index contributed by atoms with van der Waals surface area (Å²) in [6.45, 7) is -1.05. The van der Waals surface area contributed by atoms with Gasteiger partial charge in [-0.3, -0.25) is 20.6 Å². The molecule has 1 aromatic carbocycles. The third kappa shape index (κ3) is 5.37. The number of hydrogen-bond acceptors (Lipinski definition) is 5. The molecule has 3 aromatic rings. The van der Waals surface area contributed by atoms with E-state index in [1.165, 1.54) is 24.8 Å². The maximum atomic E-state index is 13.0. The average Bonchev–Trinajstić information content (AvgIpc) is 3.19. The second kappa shape index (κ2) is 8.50. The summed E-state index contributed by atoms with van der Waals surface area (Å²) in [5, 5.41) is 3.99. The van der Waals surface area contributed by atoms with Crippen molar-refractivity contribution in [2.24, 2.45) is 0 Å². The smallest absolute Gasteiger partial charge is 0.297 e. The zero-order valence-corrected chi connectivity index (χ0v) is 14.7. The van der Waals surface area contributed by atoms with Crippen LogP contribution in [0.4, 0.5) is 23.2 Å². The molecule has 3 rings (SSSR count). The molecule has 2 heterocycles. The number of carbonyl (C=O) groups excluding carboxylic acids is 1. The molecule has 0 saturated heterocycles. The highest BCUT2D eigenvalue weighted by molar-refractivity contribution is 5.90. The molecule has 0 fully saturated rings. The fourth-order valence-corrected chi connectivity index (χ4v) is 2.30. The zero-order chi connectivity index (χ0) is 20.9. The normalized spacial score (nSPS) is 11.6. The summed E-state index contributed by atoms with van der Waals surface area (Å²) in [4.78, 5) is 19.6. The standard InChI is InChI=1S/C18H14F4N6O/c19-9-12-6-13(8-14(7-12)18(20,21)22)17-24-11-28(27-17)5-3-16(29)26-25-15-2-1-4-23-10-15/h1-8,10-11,25H,9H2,(H,26,29)/b5-3-. The van der Waals surface area contributed by atoms with Gasteiger partial charge in [-0.25, -0.2) is 14.1 Å². The van der Waals surface area contributed by atoms with Gasteiger partial charge in [-0.1, -0.05) is 0 Å². The average molecular weight is 406 g/mol. The number of carbonyl (C=O) groups is 1. The summed E-state index contributed by atoms with van der Waals surface area (Å²) in [6.07, 6.45) is 2.08. The largest absolute Gasteiger partial charge is 0.416 e. The monoisotopic (exact) mass is 406 g/mol. The Balaban J connectivity index is 1.70. The topological polar surface area (TPSA) is 84.7 Å². The fourth-order valence-electron chi connectivity index (χ4n) is 2.30. The van der Waals surface area contributed by atoms with Crippen LogP contribution in [0.2, 0.25) is 0 Å². The van der Waals surface area contributed by atoms with Crippen molar-refractivity contribution in [3.05, 3.63) is 66.3 Å². The minimum Gasteiger partial charge on any atom is -0.297 e. The van der Waals surface area contributed by atoms with Crippen molar-refractivity contribution in [1.82, 2.24) is 25.2 Å². The Morgan fingerprint density at radius 3 is 2.76 bits per heavy atom. The van der Waals surface area contributed by atoms with Crippen molar-refractivity contribution in [3.63, 3.8) is 0 Å². The number of aromatic nitrogens is 4. The Morgan fingerprint density at radius 2 is 2.07 bits per heavy atom. The molecular weight excluding hydrogens is 392 g/mol. The van der Waals surface area contributed by atoms with E-state index >= 15 is 0 Å². The van der Waals surface area contributed by atoms with Crippen LogP contribution >= 0.6 is 0 Å². The maximum absolute atomic E-state index is 13.0. The molecule has 0 saturated carbocycles. The molecule has 0 aliphatic carbocycles. The van der Waals surface area contributed by atoms with E-state index in [9.17, 15) is 22.4 Å². The first kappa shape index (κ1) is 20.0. The molecule has 2 aromatic heterocycles. The minimum atomic E-state index is -4.62. The van der Waals surface area contributed by atoms with E-state index in [0.29, 0.717) is 5.69 Å². The van der Waals surface area contributed by atoms with Crippen LogP contribution in [0.15, 0.2) is 55.1 Å². The summed E-state index contributed by atoms with van der Waals surface area (Å²) >= 11 is 0. The second-order valence-electron chi connectivity index (χ2n) is 5.77. The van der Waals surface area contributed by atoms with Gasteiger partial charge >= 0.3 is 6.18 Å². The van der Waals surface area contributed by atoms with Crippen LogP contribution in [0.3, 0.4) is 0 Å². The molecule has 11 heteroatoms. The lowest BCUT2D eigenvalue weighted by Crippen LogP contribution is -2.27. The number of anilines is 1. The van der Waals surface area contributed by atoms with Crippen molar-refractivity contribution in [2.75, 3.05) is 5.43 Å². The van der Waals surface area contributed by atoms with Crippen molar-refractivity contribution in [3.8, 4) is 11.4 Å². The van der Waals surface area contributed by atoms with Gasteiger partial charge in [0.25, 0.3) is 5.91 Å². The van der Waals surface area contributed by atoms with Gasteiger partial charge in [0, 0.05) is 24.0 Å². The van der Waals surface area contributed by atoms with E-state index in [4.69, 9.17) is 0 Å². The maximum Gasteiger partial charge on any atom is 0.416 e. The molecular formula is C18H14F4N6O. The summed E-state index contributed by atoms with van der Waals surface area (Å²) in [6, 6.07) is 6.20. The van der Waals surface area contributed by atoms with Crippen LogP contribution < -0.4 is 10.9 Å². The third-order valence-electron chi connectivity index (χ3n) is 3.61. The second-order valence-corrected chi connectivity index (χ2v) is 5.77. The van der Waals surface area contributed by atoms with Gasteiger partial charge in [0.2, 0.25) is 0 Å². The first-order chi connectivity index (χ1) is 13.8. The molecule has 0 radical (unpaired) electrons. The van der Waals surface area contributed by atoms with Gasteiger partial charge in [0.1, 0.15) is 13.0 Å². The molecule has 0 atom stereocenters. The van der Waals surface area contributed by atoms with E-state index in [-0.39, 0.29) is 17.0 Å². The molecule has 150 valence electrons. The minimum absolute atomic E-state index is 0.0160. The summed E-state index contributed by atoms with van der Waals surface area (Å²) in [7, 11) is 0. The molecule has 1 amide bonds. The summed E-state index contributed by atoms with van der Waals surface area (Å²) in [5.41, 5.74) is 4.51. The lowest BCUT2D eigenvalue weighted by molar-refractivity contribution is -0.137. The van der Waals surface area contributed by atoms with E-state index in [0.717, 1.165) is 22.9 Å². The molecule has 7 nitrogen and oxygen atoms in total. The van der Waals surface area contributed by atoms with E-state index in [2.05, 4.69) is 25.9 Å². The number of amides is 1. The first-order valence-corrected chi connectivity index (χ1v) is 8.18. The Bertz CT molecular complexity index is 1020. The van der Waals surface area contributed by atoms with E-state index in [1.807, 2.05) is 0 Å². The Kier molecular flexibility index (Phi) is 5.86. The number of hydrazine groups is 1. The highest BCUT2D eigenvalue weighted by atomic mass is 19.4. The van der Waals surface area contributed by atoms with Gasteiger partial charge in [-0.05, 0) is 35.9 Å². The van der Waals surface area contributed by atoms with Crippen LogP contribution in [0.5, 0.6) is 0 Å². The zero-order valence-electron chi connectivity index (χ0n) is 14.7. The lowest BCUT2D eigenvalue weighted by atomic mass is 10.1.